The predicted molar refractivity (Wildman–Crippen MR) is 138 cm³/mol. The van der Waals surface area contributed by atoms with Gasteiger partial charge >= 0.3 is 0 Å². The number of halogens is 2. The Balaban J connectivity index is 0.00000272. The molecule has 1 aromatic carbocycles. The summed E-state index contributed by atoms with van der Waals surface area (Å²) in [5.74, 6) is 1.25. The molecule has 0 radical (unpaired) electrons. The first-order chi connectivity index (χ1) is 15.1. The summed E-state index contributed by atoms with van der Waals surface area (Å²) in [6.45, 7) is 10.5. The van der Waals surface area contributed by atoms with Crippen LogP contribution in [0.1, 0.15) is 67.7 Å². The normalized spacial score (nSPS) is 10.7. The number of rotatable bonds is 13. The largest absolute Gasteiger partial charge is 0.494 e. The van der Waals surface area contributed by atoms with Gasteiger partial charge in [0.05, 0.1) is 12.8 Å². The van der Waals surface area contributed by atoms with Crippen LogP contribution in [0.25, 0.3) is 5.78 Å². The third-order valence-corrected chi connectivity index (χ3v) is 5.41. The lowest BCUT2D eigenvalue weighted by Gasteiger charge is -2.21. The molecule has 0 amide bonds. The highest BCUT2D eigenvalue weighted by Crippen LogP contribution is 2.17. The summed E-state index contributed by atoms with van der Waals surface area (Å²) in [6.07, 6.45) is 9.38. The molecule has 0 unspecified atom stereocenters. The Hall–Kier alpha value is -2.15. The Morgan fingerprint density at radius 3 is 2.24 bits per heavy atom. The minimum atomic E-state index is -0.0767. The maximum atomic E-state index is 12.9. The number of fused-ring (bicyclic) bond motifs is 1. The highest BCUT2D eigenvalue weighted by molar-refractivity contribution is 6.08. The van der Waals surface area contributed by atoms with Crippen molar-refractivity contribution in [3.05, 3.63) is 59.7 Å². The van der Waals surface area contributed by atoms with Gasteiger partial charge in [0.15, 0.2) is 0 Å². The zero-order valence-corrected chi connectivity index (χ0v) is 21.5. The minimum Gasteiger partial charge on any atom is -0.494 e. The van der Waals surface area contributed by atoms with Crippen LogP contribution in [-0.4, -0.2) is 51.3 Å². The van der Waals surface area contributed by atoms with Gasteiger partial charge in [-0.15, -0.1) is 24.8 Å². The summed E-state index contributed by atoms with van der Waals surface area (Å²) >= 11 is 0. The number of hydrogen-bond acceptors (Lipinski definition) is 5. The Labute approximate surface area is 209 Å². The average Bonchev–Trinajstić information content (AvgIpc) is 3.20. The summed E-state index contributed by atoms with van der Waals surface area (Å²) < 4.78 is 7.63. The van der Waals surface area contributed by atoms with E-state index in [-0.39, 0.29) is 30.6 Å². The number of aryl methyl sites for hydroxylation is 1. The molecule has 0 fully saturated rings. The van der Waals surface area contributed by atoms with Crippen LogP contribution in [0.15, 0.2) is 42.7 Å². The summed E-state index contributed by atoms with van der Waals surface area (Å²) in [5, 5.41) is 0. The summed E-state index contributed by atoms with van der Waals surface area (Å²) in [6, 6.07) is 9.23. The van der Waals surface area contributed by atoms with E-state index in [9.17, 15) is 4.79 Å². The third kappa shape index (κ3) is 8.29. The Kier molecular flexibility index (Phi) is 13.0. The molecule has 0 bridgehead atoms. The molecule has 2 aromatic heterocycles. The highest BCUT2D eigenvalue weighted by Gasteiger charge is 2.15. The van der Waals surface area contributed by atoms with Gasteiger partial charge in [-0.2, -0.15) is 0 Å². The van der Waals surface area contributed by atoms with Crippen molar-refractivity contribution in [2.45, 2.75) is 52.9 Å². The quantitative estimate of drug-likeness (QED) is 0.222. The van der Waals surface area contributed by atoms with E-state index in [4.69, 9.17) is 4.74 Å². The second-order valence-electron chi connectivity index (χ2n) is 7.99. The molecule has 0 aliphatic rings. The number of hydrogen-bond donors (Lipinski definition) is 0. The summed E-state index contributed by atoms with van der Waals surface area (Å²) in [4.78, 5) is 24.0. The van der Waals surface area contributed by atoms with Crippen molar-refractivity contribution < 1.29 is 9.53 Å². The number of imidazole rings is 1. The molecule has 182 valence electrons. The van der Waals surface area contributed by atoms with Crippen LogP contribution in [0.2, 0.25) is 0 Å². The lowest BCUT2D eigenvalue weighted by Crippen LogP contribution is -2.28. The molecular formula is C25H36Cl2N4O2. The second-order valence-corrected chi connectivity index (χ2v) is 7.99. The number of ether oxygens (including phenoxy) is 1. The van der Waals surface area contributed by atoms with E-state index in [0.717, 1.165) is 24.4 Å². The molecular weight excluding hydrogens is 459 g/mol. The number of carbonyl (C=O) groups is 1. The number of ketones is 1. The molecule has 8 heteroatoms. The molecule has 6 nitrogen and oxygen atoms in total. The van der Waals surface area contributed by atoms with Crippen molar-refractivity contribution in [1.82, 2.24) is 19.3 Å². The molecule has 0 saturated heterocycles. The van der Waals surface area contributed by atoms with Crippen LogP contribution in [0.3, 0.4) is 0 Å². The Bertz CT molecular complexity index is 968. The average molecular weight is 495 g/mol. The van der Waals surface area contributed by atoms with Gasteiger partial charge in [-0.05, 0) is 69.6 Å². The van der Waals surface area contributed by atoms with Gasteiger partial charge in [0.1, 0.15) is 11.4 Å². The van der Waals surface area contributed by atoms with Gasteiger partial charge in [0.2, 0.25) is 11.6 Å². The van der Waals surface area contributed by atoms with Gasteiger partial charge in [-0.1, -0.05) is 26.7 Å². The topological polar surface area (TPSA) is 59.7 Å². The number of benzene rings is 1. The number of carbonyl (C=O) groups excluding carboxylic acids is 1. The standard InChI is InChI=1S/C25H34N4O2.2ClH/c1-4-6-14-28(15-7-5-2)16-8-18-31-22-11-9-21(10-12-22)24(30)23-19-26-25-27-20(3)13-17-29(23)25;;/h9-13,17,19H,4-8,14-16,18H2,1-3H3;2*1H. The lowest BCUT2D eigenvalue weighted by atomic mass is 10.1. The van der Waals surface area contributed by atoms with Crippen molar-refractivity contribution in [3.63, 3.8) is 0 Å². The first-order valence-corrected chi connectivity index (χ1v) is 11.4. The van der Waals surface area contributed by atoms with E-state index in [1.807, 2.05) is 43.5 Å². The zero-order chi connectivity index (χ0) is 22.1. The fourth-order valence-corrected chi connectivity index (χ4v) is 3.55. The van der Waals surface area contributed by atoms with Crippen LogP contribution >= 0.6 is 24.8 Å². The first kappa shape index (κ1) is 28.9. The molecule has 0 spiro atoms. The van der Waals surface area contributed by atoms with Crippen molar-refractivity contribution in [2.75, 3.05) is 26.2 Å². The van der Waals surface area contributed by atoms with E-state index < -0.39 is 0 Å². The van der Waals surface area contributed by atoms with Crippen molar-refractivity contribution in [1.29, 1.82) is 0 Å². The van der Waals surface area contributed by atoms with Gasteiger partial charge in [-0.3, -0.25) is 9.20 Å². The van der Waals surface area contributed by atoms with Crippen LogP contribution < -0.4 is 4.74 Å². The maximum Gasteiger partial charge on any atom is 0.234 e. The predicted octanol–water partition coefficient (Wildman–Crippen LogP) is 5.78. The maximum absolute atomic E-state index is 12.9. The molecule has 3 aromatic rings. The van der Waals surface area contributed by atoms with Crippen molar-refractivity contribution >= 4 is 36.4 Å². The van der Waals surface area contributed by atoms with Crippen molar-refractivity contribution in [2.24, 2.45) is 0 Å². The molecule has 0 aliphatic heterocycles. The van der Waals surface area contributed by atoms with Gasteiger partial charge in [0.25, 0.3) is 0 Å². The molecule has 0 saturated carbocycles. The molecule has 3 rings (SSSR count). The number of nitrogens with zero attached hydrogens (tertiary/aromatic N) is 4. The van der Waals surface area contributed by atoms with E-state index in [0.29, 0.717) is 23.6 Å². The van der Waals surface area contributed by atoms with Crippen LogP contribution in [-0.2, 0) is 0 Å². The van der Waals surface area contributed by atoms with Gasteiger partial charge in [0, 0.05) is 24.0 Å². The van der Waals surface area contributed by atoms with E-state index in [1.54, 1.807) is 10.6 Å². The summed E-state index contributed by atoms with van der Waals surface area (Å²) in [7, 11) is 0. The van der Waals surface area contributed by atoms with Gasteiger partial charge < -0.3 is 9.64 Å². The van der Waals surface area contributed by atoms with Crippen LogP contribution in [0.5, 0.6) is 5.75 Å². The number of unbranched alkanes of at least 4 members (excludes halogenated alkanes) is 2. The zero-order valence-electron chi connectivity index (χ0n) is 19.8. The highest BCUT2D eigenvalue weighted by atomic mass is 35.5. The molecule has 33 heavy (non-hydrogen) atoms. The van der Waals surface area contributed by atoms with Crippen molar-refractivity contribution in [3.8, 4) is 5.75 Å². The summed E-state index contributed by atoms with van der Waals surface area (Å²) in [5.41, 5.74) is 1.99. The van der Waals surface area contributed by atoms with Gasteiger partial charge in [-0.25, -0.2) is 9.97 Å². The first-order valence-electron chi connectivity index (χ1n) is 11.4. The van der Waals surface area contributed by atoms with Crippen LogP contribution in [0.4, 0.5) is 0 Å². The minimum absolute atomic E-state index is 0. The molecule has 2 heterocycles. The fraction of sp³-hybridized carbons (Fsp3) is 0.480. The van der Waals surface area contributed by atoms with E-state index in [2.05, 4.69) is 28.7 Å². The van der Waals surface area contributed by atoms with E-state index >= 15 is 0 Å². The molecule has 0 N–H and O–H groups in total. The molecule has 0 aliphatic carbocycles. The van der Waals surface area contributed by atoms with E-state index in [1.165, 1.54) is 38.8 Å². The van der Waals surface area contributed by atoms with Crippen LogP contribution in [0, 0.1) is 6.92 Å². The lowest BCUT2D eigenvalue weighted by molar-refractivity contribution is 0.103. The SMILES string of the molecule is CCCCN(CCCC)CCCOc1ccc(C(=O)c2cnc3nc(C)ccn23)cc1.Cl.Cl. The molecule has 0 atom stereocenters. The number of aromatic nitrogens is 3. The second kappa shape index (κ2) is 14.9. The smallest absolute Gasteiger partial charge is 0.234 e. The Morgan fingerprint density at radius 1 is 0.970 bits per heavy atom. The third-order valence-electron chi connectivity index (χ3n) is 5.41. The monoisotopic (exact) mass is 494 g/mol. The Morgan fingerprint density at radius 2 is 1.61 bits per heavy atom. The fourth-order valence-electron chi connectivity index (χ4n) is 3.55.